The van der Waals surface area contributed by atoms with Crippen LogP contribution in [0.3, 0.4) is 0 Å². The molecule has 21 heavy (non-hydrogen) atoms. The Morgan fingerprint density at radius 3 is 2.33 bits per heavy atom. The minimum absolute atomic E-state index is 0.156. The van der Waals surface area contributed by atoms with Crippen molar-refractivity contribution in [3.63, 3.8) is 0 Å². The minimum atomic E-state index is -1.08. The minimum Gasteiger partial charge on any atom is -0.494 e. The highest BCUT2D eigenvalue weighted by Gasteiger charge is 2.12. The van der Waals surface area contributed by atoms with Crippen LogP contribution >= 0.6 is 0 Å². The van der Waals surface area contributed by atoms with Gasteiger partial charge in [-0.25, -0.2) is 14.5 Å². The fourth-order valence-corrected chi connectivity index (χ4v) is 1.24. The van der Waals surface area contributed by atoms with E-state index in [2.05, 4.69) is 19.6 Å². The molecule has 7 nitrogen and oxygen atoms in total. The molecule has 116 valence electrons. The maximum Gasteiger partial charge on any atom is 0.543 e. The Hall–Kier alpha value is -2.28. The fourth-order valence-electron chi connectivity index (χ4n) is 1.24. The molecule has 0 aliphatic rings. The van der Waals surface area contributed by atoms with Crippen molar-refractivity contribution in [3.8, 4) is 5.75 Å². The van der Waals surface area contributed by atoms with Gasteiger partial charge in [-0.3, -0.25) is 4.89 Å². The first-order valence-electron chi connectivity index (χ1n) is 6.48. The van der Waals surface area contributed by atoms with Gasteiger partial charge in [0.25, 0.3) is 0 Å². The summed E-state index contributed by atoms with van der Waals surface area (Å²) < 4.78 is 9.87. The Kier molecular flexibility index (Phi) is 7.03. The molecule has 0 N–H and O–H groups in total. The third-order valence-corrected chi connectivity index (χ3v) is 2.15. The third-order valence-electron chi connectivity index (χ3n) is 2.15. The van der Waals surface area contributed by atoms with Crippen molar-refractivity contribution in [1.29, 1.82) is 0 Å². The summed E-state index contributed by atoms with van der Waals surface area (Å²) in [6, 6.07) is 6.21. The predicted octanol–water partition coefficient (Wildman–Crippen LogP) is 2.90. The van der Waals surface area contributed by atoms with Crippen LogP contribution in [0.1, 0.15) is 31.1 Å². The standard InChI is InChI=1S/C14H18O7/c1-4-17-12-7-5-11(6-8-12)13(15)19-21-20-14(16)18-9-10(2)3/h5-8,10H,4,9H2,1-3H3. The third kappa shape index (κ3) is 6.62. The molecule has 0 aromatic heterocycles. The molecule has 7 heteroatoms. The van der Waals surface area contributed by atoms with Crippen molar-refractivity contribution in [2.24, 2.45) is 5.92 Å². The molecule has 0 bridgehead atoms. The van der Waals surface area contributed by atoms with Gasteiger partial charge in [0.2, 0.25) is 0 Å². The van der Waals surface area contributed by atoms with Gasteiger partial charge in [-0.2, -0.15) is 0 Å². The summed E-state index contributed by atoms with van der Waals surface area (Å²) in [7, 11) is 0. The molecule has 1 rings (SSSR count). The second-order valence-electron chi connectivity index (χ2n) is 4.43. The van der Waals surface area contributed by atoms with Crippen molar-refractivity contribution in [1.82, 2.24) is 0 Å². The van der Waals surface area contributed by atoms with Crippen LogP contribution in [0.25, 0.3) is 0 Å². The van der Waals surface area contributed by atoms with Crippen LogP contribution in [0.5, 0.6) is 5.75 Å². The maximum absolute atomic E-state index is 11.5. The van der Waals surface area contributed by atoms with E-state index in [9.17, 15) is 9.59 Å². The summed E-state index contributed by atoms with van der Waals surface area (Å²) in [6.45, 7) is 6.28. The zero-order chi connectivity index (χ0) is 15.7. The van der Waals surface area contributed by atoms with Crippen LogP contribution in [-0.4, -0.2) is 25.3 Å². The lowest BCUT2D eigenvalue weighted by molar-refractivity contribution is -0.452. The quantitative estimate of drug-likeness (QED) is 0.435. The summed E-state index contributed by atoms with van der Waals surface area (Å²) in [5.74, 6) is -0.0258. The summed E-state index contributed by atoms with van der Waals surface area (Å²) in [4.78, 5) is 31.0. The lowest BCUT2D eigenvalue weighted by Gasteiger charge is -2.06. The Bertz CT molecular complexity index is 453. The Balaban J connectivity index is 2.31. The SMILES string of the molecule is CCOc1ccc(C(=O)OOOC(=O)OCC(C)C)cc1. The number of hydrogen-bond donors (Lipinski definition) is 0. The molecular weight excluding hydrogens is 280 g/mol. The van der Waals surface area contributed by atoms with E-state index < -0.39 is 12.1 Å². The molecule has 0 saturated heterocycles. The average molecular weight is 298 g/mol. The monoisotopic (exact) mass is 298 g/mol. The molecule has 0 saturated carbocycles. The fraction of sp³-hybridized carbons (Fsp3) is 0.429. The van der Waals surface area contributed by atoms with E-state index in [0.29, 0.717) is 12.4 Å². The average Bonchev–Trinajstić information content (AvgIpc) is 2.46. The number of ether oxygens (including phenoxy) is 2. The highest BCUT2D eigenvalue weighted by Crippen LogP contribution is 2.13. The number of hydrogen-bond acceptors (Lipinski definition) is 7. The second-order valence-corrected chi connectivity index (χ2v) is 4.43. The molecule has 0 unspecified atom stereocenters. The highest BCUT2D eigenvalue weighted by molar-refractivity contribution is 5.89. The first-order valence-corrected chi connectivity index (χ1v) is 6.48. The summed E-state index contributed by atoms with van der Waals surface area (Å²) >= 11 is 0. The predicted molar refractivity (Wildman–Crippen MR) is 71.4 cm³/mol. The molecule has 0 amide bonds. The second kappa shape index (κ2) is 8.80. The van der Waals surface area contributed by atoms with Gasteiger partial charge in [0.15, 0.2) is 0 Å². The number of benzene rings is 1. The van der Waals surface area contributed by atoms with Gasteiger partial charge < -0.3 is 9.47 Å². The van der Waals surface area contributed by atoms with Crippen LogP contribution in [0.2, 0.25) is 0 Å². The first-order chi connectivity index (χ1) is 10.0. The Morgan fingerprint density at radius 1 is 1.10 bits per heavy atom. The largest absolute Gasteiger partial charge is 0.543 e. The zero-order valence-corrected chi connectivity index (χ0v) is 12.2. The van der Waals surface area contributed by atoms with Crippen LogP contribution in [-0.2, 0) is 19.6 Å². The van der Waals surface area contributed by atoms with Gasteiger partial charge >= 0.3 is 12.1 Å². The first kappa shape index (κ1) is 16.8. The molecule has 1 aromatic carbocycles. The van der Waals surface area contributed by atoms with E-state index >= 15 is 0 Å². The van der Waals surface area contributed by atoms with Gasteiger partial charge in [-0.15, -0.1) is 0 Å². The molecular formula is C14H18O7. The number of carbonyl (C=O) groups excluding carboxylic acids is 2. The van der Waals surface area contributed by atoms with Crippen molar-refractivity contribution in [2.75, 3.05) is 13.2 Å². The van der Waals surface area contributed by atoms with E-state index in [-0.39, 0.29) is 18.1 Å². The Morgan fingerprint density at radius 2 is 1.76 bits per heavy atom. The summed E-state index contributed by atoms with van der Waals surface area (Å²) in [6.07, 6.45) is -1.08. The van der Waals surface area contributed by atoms with Gasteiger partial charge in [0, 0.05) is 0 Å². The molecule has 0 heterocycles. The van der Waals surface area contributed by atoms with Gasteiger partial charge in [-0.1, -0.05) is 13.8 Å². The van der Waals surface area contributed by atoms with E-state index in [0.717, 1.165) is 0 Å². The van der Waals surface area contributed by atoms with Crippen LogP contribution in [0, 0.1) is 5.92 Å². The van der Waals surface area contributed by atoms with Crippen molar-refractivity contribution < 1.29 is 33.9 Å². The van der Waals surface area contributed by atoms with Crippen molar-refractivity contribution >= 4 is 12.1 Å². The van der Waals surface area contributed by atoms with Gasteiger partial charge in [0.1, 0.15) is 5.75 Å². The molecule has 0 radical (unpaired) electrons. The van der Waals surface area contributed by atoms with E-state index in [4.69, 9.17) is 4.74 Å². The molecule has 0 atom stereocenters. The van der Waals surface area contributed by atoms with Crippen molar-refractivity contribution in [3.05, 3.63) is 29.8 Å². The van der Waals surface area contributed by atoms with E-state index in [1.165, 1.54) is 12.1 Å². The molecule has 0 aliphatic carbocycles. The molecule has 0 fully saturated rings. The highest BCUT2D eigenvalue weighted by atomic mass is 17.5. The van der Waals surface area contributed by atoms with Gasteiger partial charge in [0.05, 0.1) is 23.8 Å². The molecule has 0 aliphatic heterocycles. The van der Waals surface area contributed by atoms with Crippen LogP contribution in [0.15, 0.2) is 24.3 Å². The summed E-state index contributed by atoms with van der Waals surface area (Å²) in [5, 5.41) is 4.07. The van der Waals surface area contributed by atoms with Crippen molar-refractivity contribution in [2.45, 2.75) is 20.8 Å². The number of carbonyl (C=O) groups is 2. The smallest absolute Gasteiger partial charge is 0.494 e. The molecule has 0 spiro atoms. The van der Waals surface area contributed by atoms with Crippen LogP contribution < -0.4 is 4.74 Å². The normalized spacial score (nSPS) is 10.1. The summed E-state index contributed by atoms with van der Waals surface area (Å²) in [5.41, 5.74) is 0.220. The molecule has 1 aromatic rings. The maximum atomic E-state index is 11.5. The zero-order valence-electron chi connectivity index (χ0n) is 12.2. The lowest BCUT2D eigenvalue weighted by Crippen LogP contribution is -2.14. The van der Waals surface area contributed by atoms with E-state index in [1.54, 1.807) is 12.1 Å². The lowest BCUT2D eigenvalue weighted by atomic mass is 10.2. The van der Waals surface area contributed by atoms with E-state index in [1.807, 2.05) is 20.8 Å². The van der Waals surface area contributed by atoms with Crippen LogP contribution in [0.4, 0.5) is 4.79 Å². The van der Waals surface area contributed by atoms with Gasteiger partial charge in [-0.05, 0) is 37.1 Å². The topological polar surface area (TPSA) is 80.3 Å². The number of rotatable bonds is 7. The Labute approximate surface area is 122 Å².